The molecular formula is C22H21F2N3O2. The van der Waals surface area contributed by atoms with Gasteiger partial charge in [0.25, 0.3) is 0 Å². The Labute approximate surface area is 167 Å². The molecule has 0 saturated carbocycles. The summed E-state index contributed by atoms with van der Waals surface area (Å²) in [6.07, 6.45) is 0.995. The number of carbonyl (C=O) groups is 1. The van der Waals surface area contributed by atoms with E-state index >= 15 is 0 Å². The topological polar surface area (TPSA) is 67.6 Å². The molecule has 2 aromatic carbocycles. The predicted molar refractivity (Wildman–Crippen MR) is 103 cm³/mol. The summed E-state index contributed by atoms with van der Waals surface area (Å²) in [5, 5.41) is 19.8. The molecule has 0 radical (unpaired) electrons. The van der Waals surface area contributed by atoms with Crippen molar-refractivity contribution in [1.82, 2.24) is 4.90 Å². The van der Waals surface area contributed by atoms with Crippen LogP contribution >= 0.6 is 0 Å². The normalized spacial score (nSPS) is 24.0. The van der Waals surface area contributed by atoms with Gasteiger partial charge in [0.15, 0.2) is 0 Å². The Morgan fingerprint density at radius 2 is 1.93 bits per heavy atom. The van der Waals surface area contributed by atoms with Crippen LogP contribution in [0.15, 0.2) is 42.5 Å². The number of nitriles is 1. The molecule has 2 atom stereocenters. The molecular weight excluding hydrogens is 376 g/mol. The molecule has 4 rings (SSSR count). The molecule has 2 saturated heterocycles. The van der Waals surface area contributed by atoms with E-state index in [0.717, 1.165) is 0 Å². The van der Waals surface area contributed by atoms with Gasteiger partial charge in [0.1, 0.15) is 17.2 Å². The van der Waals surface area contributed by atoms with E-state index in [9.17, 15) is 18.7 Å². The van der Waals surface area contributed by atoms with Crippen molar-refractivity contribution in [3.05, 3.63) is 65.2 Å². The van der Waals surface area contributed by atoms with Crippen LogP contribution < -0.4 is 4.90 Å². The molecule has 0 bridgehead atoms. The summed E-state index contributed by atoms with van der Waals surface area (Å²) in [6.45, 7) is 1.54. The van der Waals surface area contributed by atoms with Crippen molar-refractivity contribution in [2.45, 2.75) is 18.4 Å². The van der Waals surface area contributed by atoms with Gasteiger partial charge in [0, 0.05) is 19.6 Å². The lowest BCUT2D eigenvalue weighted by Crippen LogP contribution is -2.38. The van der Waals surface area contributed by atoms with Crippen molar-refractivity contribution in [1.29, 1.82) is 5.26 Å². The van der Waals surface area contributed by atoms with Crippen LogP contribution in [0, 0.1) is 28.9 Å². The minimum absolute atomic E-state index is 0.0559. The van der Waals surface area contributed by atoms with Gasteiger partial charge in [-0.15, -0.1) is 0 Å². The fourth-order valence-corrected chi connectivity index (χ4v) is 4.25. The van der Waals surface area contributed by atoms with E-state index in [1.807, 2.05) is 11.0 Å². The maximum absolute atomic E-state index is 14.3. The number of amides is 1. The third kappa shape index (κ3) is 3.68. The van der Waals surface area contributed by atoms with Crippen LogP contribution in [0.2, 0.25) is 0 Å². The first-order valence-corrected chi connectivity index (χ1v) is 9.61. The van der Waals surface area contributed by atoms with Gasteiger partial charge in [-0.3, -0.25) is 4.79 Å². The number of aliphatic hydroxyl groups is 1. The minimum atomic E-state index is -1.18. The average Bonchev–Trinajstić information content (AvgIpc) is 3.36. The van der Waals surface area contributed by atoms with E-state index in [2.05, 4.69) is 0 Å². The quantitative estimate of drug-likeness (QED) is 0.865. The van der Waals surface area contributed by atoms with Crippen molar-refractivity contribution in [3.8, 4) is 6.07 Å². The zero-order valence-corrected chi connectivity index (χ0v) is 15.8. The molecule has 2 aromatic rings. The van der Waals surface area contributed by atoms with Crippen LogP contribution in [0.25, 0.3) is 0 Å². The highest BCUT2D eigenvalue weighted by Gasteiger charge is 2.42. The summed E-state index contributed by atoms with van der Waals surface area (Å²) in [6, 6.07) is 12.0. The third-order valence-corrected chi connectivity index (χ3v) is 5.90. The van der Waals surface area contributed by atoms with Gasteiger partial charge < -0.3 is 14.9 Å². The zero-order valence-electron chi connectivity index (χ0n) is 15.8. The lowest BCUT2D eigenvalue weighted by molar-refractivity contribution is -0.134. The van der Waals surface area contributed by atoms with E-state index in [1.165, 1.54) is 18.2 Å². The van der Waals surface area contributed by atoms with Crippen LogP contribution in [0.1, 0.15) is 24.0 Å². The molecule has 1 N–H and O–H groups in total. The highest BCUT2D eigenvalue weighted by molar-refractivity contribution is 5.81. The summed E-state index contributed by atoms with van der Waals surface area (Å²) in [5.41, 5.74) is 0.0709. The molecule has 2 unspecified atom stereocenters. The summed E-state index contributed by atoms with van der Waals surface area (Å²) < 4.78 is 27.4. The Bertz CT molecular complexity index is 973. The van der Waals surface area contributed by atoms with Crippen molar-refractivity contribution in [2.24, 2.45) is 5.92 Å². The van der Waals surface area contributed by atoms with Crippen molar-refractivity contribution >= 4 is 11.6 Å². The van der Waals surface area contributed by atoms with Crippen LogP contribution in [0.4, 0.5) is 14.5 Å². The van der Waals surface area contributed by atoms with E-state index in [4.69, 9.17) is 5.26 Å². The van der Waals surface area contributed by atoms with Gasteiger partial charge in [-0.25, -0.2) is 8.78 Å². The monoisotopic (exact) mass is 397 g/mol. The Hall–Kier alpha value is -2.98. The minimum Gasteiger partial charge on any atom is -0.383 e. The number of halogens is 2. The van der Waals surface area contributed by atoms with Crippen LogP contribution in [-0.4, -0.2) is 42.1 Å². The number of benzene rings is 2. The predicted octanol–water partition coefficient (Wildman–Crippen LogP) is 2.78. The Balaban J connectivity index is 1.42. The number of β-amino-alcohol motifs (C(OH)–C–C–N with tert-alkyl or cyclic N) is 1. The smallest absolute Gasteiger partial charge is 0.227 e. The van der Waals surface area contributed by atoms with Gasteiger partial charge in [-0.05, 0) is 48.7 Å². The summed E-state index contributed by atoms with van der Waals surface area (Å²) >= 11 is 0. The first-order chi connectivity index (χ1) is 13.9. The Morgan fingerprint density at radius 1 is 1.17 bits per heavy atom. The van der Waals surface area contributed by atoms with Gasteiger partial charge in [0.2, 0.25) is 5.91 Å². The maximum atomic E-state index is 14.3. The number of rotatable bonds is 3. The largest absolute Gasteiger partial charge is 0.383 e. The van der Waals surface area contributed by atoms with Crippen LogP contribution in [0.3, 0.4) is 0 Å². The lowest BCUT2D eigenvalue weighted by atomic mass is 9.93. The fourth-order valence-electron chi connectivity index (χ4n) is 4.25. The van der Waals surface area contributed by atoms with Crippen molar-refractivity contribution in [2.75, 3.05) is 31.1 Å². The second-order valence-electron chi connectivity index (χ2n) is 7.76. The molecule has 150 valence electrons. The molecule has 2 aliphatic heterocycles. The molecule has 2 aliphatic rings. The van der Waals surface area contributed by atoms with Gasteiger partial charge >= 0.3 is 0 Å². The second-order valence-corrected chi connectivity index (χ2v) is 7.76. The SMILES string of the molecule is N#Cc1ccc(N2CCC(C(=O)N3CCC(O)(c4ccc(F)cc4)C3)C2)c(F)c1. The van der Waals surface area contributed by atoms with Gasteiger partial charge in [-0.1, -0.05) is 12.1 Å². The molecule has 0 aromatic heterocycles. The second kappa shape index (κ2) is 7.45. The van der Waals surface area contributed by atoms with Crippen LogP contribution in [0.5, 0.6) is 0 Å². The first-order valence-electron chi connectivity index (χ1n) is 9.61. The highest BCUT2D eigenvalue weighted by atomic mass is 19.1. The number of hydrogen-bond acceptors (Lipinski definition) is 4. The highest BCUT2D eigenvalue weighted by Crippen LogP contribution is 2.34. The standard InChI is InChI=1S/C22H21F2N3O2/c23-18-4-2-17(3-5-18)22(29)8-10-27(14-22)21(28)16-7-9-26(13-16)20-6-1-15(12-25)11-19(20)24/h1-6,11,16,29H,7-10,13-14H2. The number of hydrogen-bond donors (Lipinski definition) is 1. The molecule has 2 fully saturated rings. The van der Waals surface area contributed by atoms with E-state index < -0.39 is 11.4 Å². The molecule has 1 amide bonds. The first kappa shape index (κ1) is 19.3. The van der Waals surface area contributed by atoms with E-state index in [1.54, 1.807) is 29.2 Å². The molecule has 29 heavy (non-hydrogen) atoms. The van der Waals surface area contributed by atoms with E-state index in [0.29, 0.717) is 43.7 Å². The fraction of sp³-hybridized carbons (Fsp3) is 0.364. The van der Waals surface area contributed by atoms with Gasteiger partial charge in [0.05, 0.1) is 29.8 Å². The number of likely N-dealkylation sites (tertiary alicyclic amines) is 1. The number of nitrogens with zero attached hydrogens (tertiary/aromatic N) is 3. The lowest BCUT2D eigenvalue weighted by Gasteiger charge is -2.25. The summed E-state index contributed by atoms with van der Waals surface area (Å²) in [4.78, 5) is 16.4. The molecule has 0 spiro atoms. The van der Waals surface area contributed by atoms with Crippen LogP contribution in [-0.2, 0) is 10.4 Å². The summed E-state index contributed by atoms with van der Waals surface area (Å²) in [5.74, 6) is -1.17. The molecule has 7 heteroatoms. The molecule has 2 heterocycles. The Morgan fingerprint density at radius 3 is 2.62 bits per heavy atom. The summed E-state index contributed by atoms with van der Waals surface area (Å²) in [7, 11) is 0. The zero-order chi connectivity index (χ0) is 20.6. The number of carbonyl (C=O) groups excluding carboxylic acids is 1. The average molecular weight is 397 g/mol. The molecule has 5 nitrogen and oxygen atoms in total. The molecule has 0 aliphatic carbocycles. The third-order valence-electron chi connectivity index (χ3n) is 5.90. The van der Waals surface area contributed by atoms with E-state index in [-0.39, 0.29) is 29.8 Å². The maximum Gasteiger partial charge on any atom is 0.227 e. The van der Waals surface area contributed by atoms with Crippen molar-refractivity contribution < 1.29 is 18.7 Å². The Kier molecular flexibility index (Phi) is 4.97. The van der Waals surface area contributed by atoms with Gasteiger partial charge in [-0.2, -0.15) is 5.26 Å². The van der Waals surface area contributed by atoms with Crippen molar-refractivity contribution in [3.63, 3.8) is 0 Å². The number of anilines is 1.